The van der Waals surface area contributed by atoms with E-state index in [0.717, 1.165) is 5.56 Å². The molecule has 3 aromatic rings. The summed E-state index contributed by atoms with van der Waals surface area (Å²) in [5.74, 6) is 1.05. The summed E-state index contributed by atoms with van der Waals surface area (Å²) in [6, 6.07) is 13.9. The van der Waals surface area contributed by atoms with Crippen molar-refractivity contribution in [3.8, 4) is 28.7 Å². The molecule has 1 aliphatic heterocycles. The maximum Gasteiger partial charge on any atom is 0.339 e. The molecule has 10 heteroatoms. The second-order valence-electron chi connectivity index (χ2n) is 8.25. The molecule has 1 aliphatic rings. The number of hydrogen-bond donors (Lipinski definition) is 0. The summed E-state index contributed by atoms with van der Waals surface area (Å²) < 4.78 is 52.9. The lowest BCUT2D eigenvalue weighted by Gasteiger charge is -2.42. The number of carbonyl (C=O) groups excluding carboxylic acids is 1. The minimum Gasteiger partial charge on any atom is -0.493 e. The van der Waals surface area contributed by atoms with Crippen molar-refractivity contribution in [2.75, 3.05) is 33.3 Å². The molecule has 0 spiro atoms. The zero-order chi connectivity index (χ0) is 26.9. The van der Waals surface area contributed by atoms with Gasteiger partial charge in [-0.25, -0.2) is 0 Å². The summed E-state index contributed by atoms with van der Waals surface area (Å²) in [5.41, 5.74) is 2.31. The fourth-order valence-corrected chi connectivity index (χ4v) is 5.03. The van der Waals surface area contributed by atoms with Gasteiger partial charge in [0, 0.05) is 17.7 Å². The normalized spacial score (nSPS) is 15.2. The Kier molecular flexibility index (Phi) is 7.04. The third kappa shape index (κ3) is 4.67. The molecule has 4 rings (SSSR count). The largest absolute Gasteiger partial charge is 0.493 e. The van der Waals surface area contributed by atoms with E-state index in [1.165, 1.54) is 51.5 Å². The maximum atomic E-state index is 12.9. The van der Waals surface area contributed by atoms with E-state index in [-0.39, 0.29) is 22.3 Å². The molecule has 37 heavy (non-hydrogen) atoms. The zero-order valence-electron chi connectivity index (χ0n) is 21.1. The molecule has 0 radical (unpaired) electrons. The maximum absolute atomic E-state index is 12.9. The molecule has 0 aliphatic carbocycles. The minimum absolute atomic E-state index is 0.00726. The Hall–Kier alpha value is -4.18. The van der Waals surface area contributed by atoms with Gasteiger partial charge in [-0.05, 0) is 36.8 Å². The molecular weight excluding hydrogens is 498 g/mol. The molecule has 1 atom stereocenters. The van der Waals surface area contributed by atoms with Gasteiger partial charge in [-0.15, -0.1) is 0 Å². The number of anilines is 1. The lowest BCUT2D eigenvalue weighted by molar-refractivity contribution is -0.119. The van der Waals surface area contributed by atoms with Crippen LogP contribution in [0.5, 0.6) is 28.7 Å². The molecule has 1 amide bonds. The Bertz CT molecular complexity index is 1440. The van der Waals surface area contributed by atoms with Crippen molar-refractivity contribution in [2.24, 2.45) is 0 Å². The van der Waals surface area contributed by atoms with Crippen molar-refractivity contribution in [3.63, 3.8) is 0 Å². The smallest absolute Gasteiger partial charge is 0.339 e. The standard InChI is InChI=1S/C27H27NO8S/c1-16-7-10-20(11-8-16)37(30,31)36-22-13-18(9-12-21(22)32-3)25-17(2)27(29)28(25)19-14-23(33-4)26(35-6)24(15-19)34-5/h7-15,25H,2H2,1,3-6H3. The van der Waals surface area contributed by atoms with Crippen LogP contribution in [0.15, 0.2) is 71.6 Å². The monoisotopic (exact) mass is 525 g/mol. The number of methoxy groups -OCH3 is 4. The number of ether oxygens (including phenoxy) is 4. The van der Waals surface area contributed by atoms with Gasteiger partial charge in [0.25, 0.3) is 5.91 Å². The van der Waals surface area contributed by atoms with Crippen LogP contribution >= 0.6 is 0 Å². The number of rotatable bonds is 9. The van der Waals surface area contributed by atoms with Crippen molar-refractivity contribution in [3.05, 3.63) is 77.9 Å². The molecular formula is C27H27NO8S. The second kappa shape index (κ2) is 10.1. The number of nitrogens with zero attached hydrogens (tertiary/aromatic N) is 1. The fourth-order valence-electron chi connectivity index (χ4n) is 4.10. The molecule has 0 bridgehead atoms. The molecule has 0 saturated carbocycles. The van der Waals surface area contributed by atoms with Gasteiger partial charge in [0.05, 0.1) is 40.2 Å². The van der Waals surface area contributed by atoms with E-state index >= 15 is 0 Å². The van der Waals surface area contributed by atoms with Crippen molar-refractivity contribution in [1.29, 1.82) is 0 Å². The summed E-state index contributed by atoms with van der Waals surface area (Å²) in [4.78, 5) is 14.4. The number of aryl methyl sites for hydroxylation is 1. The first-order chi connectivity index (χ1) is 17.6. The fraction of sp³-hybridized carbons (Fsp3) is 0.222. The highest BCUT2D eigenvalue weighted by atomic mass is 32.2. The summed E-state index contributed by atoms with van der Waals surface area (Å²) in [5, 5.41) is 0. The summed E-state index contributed by atoms with van der Waals surface area (Å²) in [6.45, 7) is 5.79. The van der Waals surface area contributed by atoms with Crippen LogP contribution in [0.1, 0.15) is 17.2 Å². The van der Waals surface area contributed by atoms with E-state index < -0.39 is 16.2 Å². The SMILES string of the molecule is C=C1C(=O)N(c2cc(OC)c(OC)c(OC)c2)C1c1ccc(OC)c(OS(=O)(=O)c2ccc(C)cc2)c1. The number of β-lactam (4-membered cyclic amide) rings is 1. The van der Waals surface area contributed by atoms with E-state index in [4.69, 9.17) is 23.1 Å². The third-order valence-electron chi connectivity index (χ3n) is 6.02. The molecule has 1 heterocycles. The van der Waals surface area contributed by atoms with Gasteiger partial charge in [-0.2, -0.15) is 8.42 Å². The van der Waals surface area contributed by atoms with Crippen LogP contribution in [0, 0.1) is 6.92 Å². The summed E-state index contributed by atoms with van der Waals surface area (Å²) >= 11 is 0. The lowest BCUT2D eigenvalue weighted by atomic mass is 9.88. The third-order valence-corrected chi connectivity index (χ3v) is 7.27. The molecule has 0 aromatic heterocycles. The van der Waals surface area contributed by atoms with Gasteiger partial charge < -0.3 is 23.1 Å². The molecule has 1 unspecified atom stereocenters. The number of carbonyl (C=O) groups is 1. The van der Waals surface area contributed by atoms with E-state index in [9.17, 15) is 13.2 Å². The Morgan fingerprint density at radius 1 is 0.784 bits per heavy atom. The second-order valence-corrected chi connectivity index (χ2v) is 9.79. The quantitative estimate of drug-likeness (QED) is 0.230. The van der Waals surface area contributed by atoms with Crippen LogP contribution in [0.3, 0.4) is 0 Å². The molecule has 1 fully saturated rings. The predicted octanol–water partition coefficient (Wildman–Crippen LogP) is 4.44. The van der Waals surface area contributed by atoms with Crippen molar-refractivity contribution >= 4 is 21.7 Å². The number of benzene rings is 3. The van der Waals surface area contributed by atoms with Crippen molar-refractivity contribution in [1.82, 2.24) is 0 Å². The number of hydrogen-bond acceptors (Lipinski definition) is 8. The van der Waals surface area contributed by atoms with Crippen LogP contribution in [-0.2, 0) is 14.9 Å². The van der Waals surface area contributed by atoms with Crippen LogP contribution in [0.4, 0.5) is 5.69 Å². The number of amides is 1. The zero-order valence-corrected chi connectivity index (χ0v) is 21.9. The Balaban J connectivity index is 1.74. The van der Waals surface area contributed by atoms with Gasteiger partial charge in [0.15, 0.2) is 23.0 Å². The molecule has 0 N–H and O–H groups in total. The van der Waals surface area contributed by atoms with E-state index in [1.54, 1.807) is 36.4 Å². The molecule has 1 saturated heterocycles. The predicted molar refractivity (Wildman–Crippen MR) is 137 cm³/mol. The van der Waals surface area contributed by atoms with E-state index in [1.807, 2.05) is 6.92 Å². The minimum atomic E-state index is -4.14. The van der Waals surface area contributed by atoms with Gasteiger partial charge in [0.1, 0.15) is 4.90 Å². The van der Waals surface area contributed by atoms with Gasteiger partial charge >= 0.3 is 10.1 Å². The lowest BCUT2D eigenvalue weighted by Crippen LogP contribution is -2.48. The highest BCUT2D eigenvalue weighted by molar-refractivity contribution is 7.87. The Labute approximate surface area is 215 Å². The van der Waals surface area contributed by atoms with Crippen molar-refractivity contribution in [2.45, 2.75) is 17.9 Å². The molecule has 194 valence electrons. The summed E-state index contributed by atoms with van der Waals surface area (Å²) in [6.07, 6.45) is 0. The van der Waals surface area contributed by atoms with Gasteiger partial charge in [0.2, 0.25) is 5.75 Å². The molecule has 3 aromatic carbocycles. The highest BCUT2D eigenvalue weighted by Crippen LogP contribution is 2.48. The van der Waals surface area contributed by atoms with Crippen LogP contribution < -0.4 is 28.0 Å². The first-order valence-electron chi connectivity index (χ1n) is 11.2. The van der Waals surface area contributed by atoms with Gasteiger partial charge in [-0.1, -0.05) is 30.3 Å². The van der Waals surface area contributed by atoms with Crippen LogP contribution in [0.2, 0.25) is 0 Å². The first kappa shape index (κ1) is 25.9. The first-order valence-corrected chi connectivity index (χ1v) is 12.6. The summed E-state index contributed by atoms with van der Waals surface area (Å²) in [7, 11) is 1.73. The highest BCUT2D eigenvalue weighted by Gasteiger charge is 2.43. The average molecular weight is 526 g/mol. The Morgan fingerprint density at radius 3 is 1.92 bits per heavy atom. The van der Waals surface area contributed by atoms with Gasteiger partial charge in [-0.3, -0.25) is 9.69 Å². The Morgan fingerprint density at radius 2 is 1.38 bits per heavy atom. The topological polar surface area (TPSA) is 101 Å². The van der Waals surface area contributed by atoms with E-state index in [0.29, 0.717) is 34.1 Å². The average Bonchev–Trinajstić information content (AvgIpc) is 2.90. The van der Waals surface area contributed by atoms with Crippen LogP contribution in [0.25, 0.3) is 0 Å². The van der Waals surface area contributed by atoms with E-state index in [2.05, 4.69) is 6.58 Å². The van der Waals surface area contributed by atoms with Crippen molar-refractivity contribution < 1.29 is 36.3 Å². The molecule has 9 nitrogen and oxygen atoms in total. The van der Waals surface area contributed by atoms with Crippen LogP contribution in [-0.4, -0.2) is 42.8 Å².